The van der Waals surface area contributed by atoms with Crippen LogP contribution in [0.5, 0.6) is 0 Å². The first-order chi connectivity index (χ1) is 9.31. The molecule has 0 aromatic heterocycles. The van der Waals surface area contributed by atoms with E-state index >= 15 is 0 Å². The van der Waals surface area contributed by atoms with Crippen molar-refractivity contribution in [2.75, 3.05) is 6.54 Å². The Hall–Kier alpha value is -1.03. The van der Waals surface area contributed by atoms with Gasteiger partial charge in [0.25, 0.3) is 0 Å². The quantitative estimate of drug-likeness (QED) is 0.761. The molecule has 20 heavy (non-hydrogen) atoms. The van der Waals surface area contributed by atoms with Crippen molar-refractivity contribution in [3.05, 3.63) is 12.7 Å². The van der Waals surface area contributed by atoms with E-state index in [0.29, 0.717) is 24.5 Å². The number of amides is 1. The van der Waals surface area contributed by atoms with Crippen molar-refractivity contribution in [1.29, 1.82) is 0 Å². The van der Waals surface area contributed by atoms with Crippen molar-refractivity contribution >= 4 is 6.09 Å². The number of carbonyl (C=O) groups is 1. The topological polar surface area (TPSA) is 50.4 Å². The second kappa shape index (κ2) is 7.67. The largest absolute Gasteiger partial charge is 0.444 e. The highest BCUT2D eigenvalue weighted by Crippen LogP contribution is 2.24. The maximum absolute atomic E-state index is 11.7. The lowest BCUT2D eigenvalue weighted by atomic mass is 9.84. The summed E-state index contributed by atoms with van der Waals surface area (Å²) in [5.41, 5.74) is -0.439. The van der Waals surface area contributed by atoms with Gasteiger partial charge in [0, 0.05) is 18.6 Å². The summed E-state index contributed by atoms with van der Waals surface area (Å²) in [4.78, 5) is 11.7. The summed E-state index contributed by atoms with van der Waals surface area (Å²) in [5.74, 6) is 0.471. The van der Waals surface area contributed by atoms with Crippen molar-refractivity contribution in [3.63, 3.8) is 0 Å². The van der Waals surface area contributed by atoms with Gasteiger partial charge in [0.1, 0.15) is 5.60 Å². The second-order valence-corrected chi connectivity index (χ2v) is 6.72. The predicted molar refractivity (Wildman–Crippen MR) is 82.8 cm³/mol. The zero-order valence-electron chi connectivity index (χ0n) is 13.4. The van der Waals surface area contributed by atoms with E-state index in [-0.39, 0.29) is 6.09 Å². The molecule has 0 aromatic carbocycles. The van der Waals surface area contributed by atoms with E-state index in [1.165, 1.54) is 19.3 Å². The normalized spacial score (nSPS) is 24.8. The molecule has 1 saturated carbocycles. The molecule has 0 radical (unpaired) electrons. The molecule has 0 spiro atoms. The van der Waals surface area contributed by atoms with Crippen molar-refractivity contribution in [3.8, 4) is 0 Å². The van der Waals surface area contributed by atoms with Crippen LogP contribution in [-0.2, 0) is 4.74 Å². The van der Waals surface area contributed by atoms with Gasteiger partial charge in [0.2, 0.25) is 0 Å². The molecule has 0 bridgehead atoms. The average Bonchev–Trinajstić information content (AvgIpc) is 2.35. The van der Waals surface area contributed by atoms with E-state index in [0.717, 1.165) is 6.42 Å². The first kappa shape index (κ1) is 17.0. The van der Waals surface area contributed by atoms with Gasteiger partial charge in [-0.05, 0) is 46.5 Å². The molecule has 3 atom stereocenters. The van der Waals surface area contributed by atoms with Crippen LogP contribution in [-0.4, -0.2) is 30.3 Å². The van der Waals surface area contributed by atoms with Crippen LogP contribution in [0.2, 0.25) is 0 Å². The third-order valence-electron chi connectivity index (χ3n) is 3.65. The molecule has 2 N–H and O–H groups in total. The van der Waals surface area contributed by atoms with Crippen molar-refractivity contribution in [2.24, 2.45) is 5.92 Å². The van der Waals surface area contributed by atoms with Gasteiger partial charge >= 0.3 is 6.09 Å². The number of hydrogen-bond acceptors (Lipinski definition) is 3. The molecule has 3 unspecified atom stereocenters. The number of rotatable bonds is 5. The van der Waals surface area contributed by atoms with Gasteiger partial charge in [-0.2, -0.15) is 0 Å². The summed E-state index contributed by atoms with van der Waals surface area (Å²) in [5, 5.41) is 6.48. The molecular formula is C16H30N2O2. The number of nitrogens with one attached hydrogen (secondary N) is 2. The van der Waals surface area contributed by atoms with E-state index in [9.17, 15) is 4.79 Å². The molecule has 116 valence electrons. The van der Waals surface area contributed by atoms with Crippen molar-refractivity contribution in [2.45, 2.75) is 71.1 Å². The monoisotopic (exact) mass is 282 g/mol. The third kappa shape index (κ3) is 6.42. The van der Waals surface area contributed by atoms with Crippen LogP contribution < -0.4 is 10.6 Å². The van der Waals surface area contributed by atoms with Crippen molar-refractivity contribution in [1.82, 2.24) is 10.6 Å². The molecule has 1 fully saturated rings. The first-order valence-corrected chi connectivity index (χ1v) is 7.67. The number of ether oxygens (including phenoxy) is 1. The average molecular weight is 282 g/mol. The maximum Gasteiger partial charge on any atom is 0.407 e. The summed E-state index contributed by atoms with van der Waals surface area (Å²) >= 11 is 0. The Morgan fingerprint density at radius 3 is 2.65 bits per heavy atom. The van der Waals surface area contributed by atoms with E-state index in [1.54, 1.807) is 0 Å². The summed E-state index contributed by atoms with van der Waals surface area (Å²) in [7, 11) is 0. The Morgan fingerprint density at radius 1 is 1.40 bits per heavy atom. The van der Waals surface area contributed by atoms with Gasteiger partial charge in [0.05, 0.1) is 0 Å². The highest BCUT2D eigenvalue weighted by molar-refractivity contribution is 5.67. The first-order valence-electron chi connectivity index (χ1n) is 7.67. The molecule has 4 nitrogen and oxygen atoms in total. The Morgan fingerprint density at radius 2 is 2.05 bits per heavy atom. The van der Waals surface area contributed by atoms with E-state index in [4.69, 9.17) is 4.74 Å². The van der Waals surface area contributed by atoms with Gasteiger partial charge in [-0.15, -0.1) is 6.58 Å². The lowest BCUT2D eigenvalue weighted by Crippen LogP contribution is -2.47. The fourth-order valence-corrected chi connectivity index (χ4v) is 2.61. The number of alkyl carbamates (subject to hydrolysis) is 1. The van der Waals surface area contributed by atoms with E-state index in [2.05, 4.69) is 24.1 Å². The summed E-state index contributed by atoms with van der Waals surface area (Å²) in [6, 6.07) is 0.758. The van der Waals surface area contributed by atoms with Gasteiger partial charge in [-0.3, -0.25) is 0 Å². The minimum absolute atomic E-state index is 0.308. The van der Waals surface area contributed by atoms with Gasteiger partial charge in [-0.25, -0.2) is 4.79 Å². The van der Waals surface area contributed by atoms with Crippen LogP contribution >= 0.6 is 0 Å². The van der Waals surface area contributed by atoms with E-state index in [1.807, 2.05) is 26.8 Å². The zero-order chi connectivity index (χ0) is 15.2. The van der Waals surface area contributed by atoms with E-state index < -0.39 is 5.60 Å². The lowest BCUT2D eigenvalue weighted by Gasteiger charge is -2.34. The minimum Gasteiger partial charge on any atom is -0.444 e. The number of hydrogen-bond donors (Lipinski definition) is 2. The predicted octanol–water partition coefficient (Wildman–Crippen LogP) is 3.23. The standard InChI is InChI=1S/C16H30N2O2/c1-6-12(2)18-14-10-8-7-9-13(14)11-17-15(19)20-16(3,4)5/h6,12-14,18H,1,7-11H2,2-5H3,(H,17,19). The van der Waals surface area contributed by atoms with Crippen molar-refractivity contribution < 1.29 is 9.53 Å². The zero-order valence-corrected chi connectivity index (χ0v) is 13.4. The Balaban J connectivity index is 2.42. The summed E-state index contributed by atoms with van der Waals surface area (Å²) < 4.78 is 5.28. The van der Waals surface area contributed by atoms with Gasteiger partial charge in [-0.1, -0.05) is 18.9 Å². The van der Waals surface area contributed by atoms with Crippen LogP contribution in [0.15, 0.2) is 12.7 Å². The summed E-state index contributed by atoms with van der Waals surface area (Å²) in [6.07, 6.45) is 6.41. The Kier molecular flexibility index (Phi) is 6.53. The molecule has 0 heterocycles. The Labute approximate surface area is 123 Å². The Bertz CT molecular complexity index is 323. The fourth-order valence-electron chi connectivity index (χ4n) is 2.61. The molecule has 0 aromatic rings. The molecule has 1 amide bonds. The van der Waals surface area contributed by atoms with Crippen LogP contribution in [0.4, 0.5) is 4.79 Å². The summed E-state index contributed by atoms with van der Waals surface area (Å²) in [6.45, 7) is 12.2. The highest BCUT2D eigenvalue weighted by atomic mass is 16.6. The van der Waals surface area contributed by atoms with Crippen LogP contribution in [0.1, 0.15) is 53.4 Å². The molecule has 1 aliphatic carbocycles. The van der Waals surface area contributed by atoms with Crippen LogP contribution in [0.3, 0.4) is 0 Å². The molecule has 0 saturated heterocycles. The lowest BCUT2D eigenvalue weighted by molar-refractivity contribution is 0.0510. The molecule has 4 heteroatoms. The number of carbonyl (C=O) groups excluding carboxylic acids is 1. The third-order valence-corrected chi connectivity index (χ3v) is 3.65. The SMILES string of the molecule is C=CC(C)NC1CCCCC1CNC(=O)OC(C)(C)C. The smallest absolute Gasteiger partial charge is 0.407 e. The van der Waals surface area contributed by atoms with Gasteiger partial charge < -0.3 is 15.4 Å². The maximum atomic E-state index is 11.7. The van der Waals surface area contributed by atoms with Gasteiger partial charge in [0.15, 0.2) is 0 Å². The molecule has 0 aliphatic heterocycles. The van der Waals surface area contributed by atoms with Crippen LogP contribution in [0, 0.1) is 5.92 Å². The molecular weight excluding hydrogens is 252 g/mol. The highest BCUT2D eigenvalue weighted by Gasteiger charge is 2.26. The molecule has 1 rings (SSSR count). The minimum atomic E-state index is -0.439. The fraction of sp³-hybridized carbons (Fsp3) is 0.812. The second-order valence-electron chi connectivity index (χ2n) is 6.72. The van der Waals surface area contributed by atoms with Crippen LogP contribution in [0.25, 0.3) is 0 Å². The molecule has 1 aliphatic rings.